The molecule has 26 heavy (non-hydrogen) atoms. The van der Waals surface area contributed by atoms with E-state index in [9.17, 15) is 5.26 Å². The SMILES string of the molecule is N#C/C(=C\c1ccc(-c2ccccc2)cc1)c1nnc2n1CCCCC2. The van der Waals surface area contributed by atoms with Crippen LogP contribution in [0.4, 0.5) is 0 Å². The van der Waals surface area contributed by atoms with Crippen molar-refractivity contribution in [1.29, 1.82) is 5.26 Å². The quantitative estimate of drug-likeness (QED) is 0.647. The summed E-state index contributed by atoms with van der Waals surface area (Å²) in [5.41, 5.74) is 3.91. The molecule has 0 N–H and O–H groups in total. The number of aromatic nitrogens is 3. The lowest BCUT2D eigenvalue weighted by molar-refractivity contribution is 0.627. The first-order chi connectivity index (χ1) is 12.8. The molecule has 0 spiro atoms. The Kier molecular flexibility index (Phi) is 4.61. The van der Waals surface area contributed by atoms with Gasteiger partial charge in [-0.25, -0.2) is 0 Å². The van der Waals surface area contributed by atoms with Crippen LogP contribution in [-0.4, -0.2) is 14.8 Å². The number of allylic oxidation sites excluding steroid dienone is 1. The Hall–Kier alpha value is -3.19. The lowest BCUT2D eigenvalue weighted by atomic mass is 10.0. The van der Waals surface area contributed by atoms with E-state index in [1.54, 1.807) is 0 Å². The van der Waals surface area contributed by atoms with E-state index >= 15 is 0 Å². The van der Waals surface area contributed by atoms with Crippen LogP contribution in [0.2, 0.25) is 0 Å². The van der Waals surface area contributed by atoms with Crippen molar-refractivity contribution < 1.29 is 0 Å². The van der Waals surface area contributed by atoms with Crippen LogP contribution in [0.3, 0.4) is 0 Å². The first-order valence-electron chi connectivity index (χ1n) is 9.05. The third-order valence-corrected chi connectivity index (χ3v) is 4.80. The predicted octanol–water partition coefficient (Wildman–Crippen LogP) is 4.74. The molecule has 4 heteroatoms. The Bertz CT molecular complexity index is 960. The molecule has 0 amide bonds. The van der Waals surface area contributed by atoms with Crippen LogP contribution in [0.1, 0.15) is 36.5 Å². The number of fused-ring (bicyclic) bond motifs is 1. The van der Waals surface area contributed by atoms with Gasteiger partial charge in [0, 0.05) is 13.0 Å². The number of hydrogen-bond donors (Lipinski definition) is 0. The summed E-state index contributed by atoms with van der Waals surface area (Å²) in [5.74, 6) is 1.69. The Morgan fingerprint density at radius 3 is 2.46 bits per heavy atom. The fourth-order valence-electron chi connectivity index (χ4n) is 3.40. The second-order valence-electron chi connectivity index (χ2n) is 6.56. The third kappa shape index (κ3) is 3.29. The molecule has 0 fully saturated rings. The highest BCUT2D eigenvalue weighted by Crippen LogP contribution is 2.23. The van der Waals surface area contributed by atoms with Gasteiger partial charge >= 0.3 is 0 Å². The van der Waals surface area contributed by atoms with Gasteiger partial charge in [0.25, 0.3) is 0 Å². The molecule has 0 aliphatic carbocycles. The summed E-state index contributed by atoms with van der Waals surface area (Å²) < 4.78 is 2.11. The second-order valence-corrected chi connectivity index (χ2v) is 6.56. The van der Waals surface area contributed by atoms with Crippen LogP contribution in [0.15, 0.2) is 54.6 Å². The lowest BCUT2D eigenvalue weighted by Crippen LogP contribution is -2.05. The largest absolute Gasteiger partial charge is 0.310 e. The maximum absolute atomic E-state index is 9.66. The molecule has 0 bridgehead atoms. The van der Waals surface area contributed by atoms with Crippen molar-refractivity contribution in [3.8, 4) is 17.2 Å². The molecule has 2 heterocycles. The van der Waals surface area contributed by atoms with Crippen LogP contribution >= 0.6 is 0 Å². The maximum Gasteiger partial charge on any atom is 0.174 e. The van der Waals surface area contributed by atoms with Gasteiger partial charge < -0.3 is 4.57 Å². The molecule has 1 aliphatic rings. The fourth-order valence-corrected chi connectivity index (χ4v) is 3.40. The average Bonchev–Trinajstić information content (AvgIpc) is 2.95. The van der Waals surface area contributed by atoms with Crippen molar-refractivity contribution in [2.75, 3.05) is 0 Å². The third-order valence-electron chi connectivity index (χ3n) is 4.80. The van der Waals surface area contributed by atoms with E-state index in [2.05, 4.69) is 45.1 Å². The van der Waals surface area contributed by atoms with E-state index in [0.29, 0.717) is 11.4 Å². The molecule has 1 aromatic heterocycles. The minimum atomic E-state index is 0.568. The van der Waals surface area contributed by atoms with E-state index < -0.39 is 0 Å². The predicted molar refractivity (Wildman–Crippen MR) is 103 cm³/mol. The minimum absolute atomic E-state index is 0.568. The lowest BCUT2D eigenvalue weighted by Gasteiger charge is -2.06. The molecular formula is C22H20N4. The first kappa shape index (κ1) is 16.3. The molecule has 0 radical (unpaired) electrons. The van der Waals surface area contributed by atoms with Gasteiger partial charge in [0.05, 0.1) is 5.57 Å². The maximum atomic E-state index is 9.66. The molecule has 2 aromatic carbocycles. The Morgan fingerprint density at radius 2 is 1.69 bits per heavy atom. The van der Waals surface area contributed by atoms with Crippen molar-refractivity contribution in [2.24, 2.45) is 0 Å². The summed E-state index contributed by atoms with van der Waals surface area (Å²) >= 11 is 0. The van der Waals surface area contributed by atoms with Crippen molar-refractivity contribution in [3.05, 3.63) is 71.8 Å². The molecule has 3 aromatic rings. The Labute approximate surface area is 153 Å². The van der Waals surface area contributed by atoms with Gasteiger partial charge in [0.15, 0.2) is 5.82 Å². The summed E-state index contributed by atoms with van der Waals surface area (Å²) in [4.78, 5) is 0. The fraction of sp³-hybridized carbons (Fsp3) is 0.227. The summed E-state index contributed by atoms with van der Waals surface area (Å²) in [7, 11) is 0. The Morgan fingerprint density at radius 1 is 0.923 bits per heavy atom. The smallest absolute Gasteiger partial charge is 0.174 e. The van der Waals surface area contributed by atoms with Crippen molar-refractivity contribution >= 4 is 11.6 Å². The van der Waals surface area contributed by atoms with E-state index in [-0.39, 0.29) is 0 Å². The highest BCUT2D eigenvalue weighted by atomic mass is 15.3. The van der Waals surface area contributed by atoms with Gasteiger partial charge in [0.2, 0.25) is 0 Å². The molecule has 0 unspecified atom stereocenters. The summed E-state index contributed by atoms with van der Waals surface area (Å²) in [6.45, 7) is 0.892. The second kappa shape index (κ2) is 7.37. The van der Waals surface area contributed by atoms with Crippen LogP contribution in [-0.2, 0) is 13.0 Å². The molecule has 0 atom stereocenters. The average molecular weight is 340 g/mol. The van der Waals surface area contributed by atoms with Crippen molar-refractivity contribution in [1.82, 2.24) is 14.8 Å². The number of aryl methyl sites for hydroxylation is 1. The molecule has 4 rings (SSSR count). The van der Waals surface area contributed by atoms with Gasteiger partial charge in [-0.05, 0) is 35.6 Å². The molecule has 0 saturated carbocycles. The van der Waals surface area contributed by atoms with Crippen molar-refractivity contribution in [3.63, 3.8) is 0 Å². The molecule has 4 nitrogen and oxygen atoms in total. The zero-order chi connectivity index (χ0) is 17.8. The molecule has 1 aliphatic heterocycles. The normalized spacial score (nSPS) is 14.3. The van der Waals surface area contributed by atoms with Gasteiger partial charge in [0.1, 0.15) is 11.9 Å². The van der Waals surface area contributed by atoms with Crippen LogP contribution < -0.4 is 0 Å². The van der Waals surface area contributed by atoms with Gasteiger partial charge in [-0.3, -0.25) is 0 Å². The number of nitrogens with zero attached hydrogens (tertiary/aromatic N) is 4. The van der Waals surface area contributed by atoms with Gasteiger partial charge in [-0.1, -0.05) is 61.0 Å². The summed E-state index contributed by atoms with van der Waals surface area (Å²) in [6, 6.07) is 20.8. The Balaban J connectivity index is 1.64. The standard InChI is InChI=1S/C22H20N4/c23-16-20(22-25-24-21-9-5-2-6-14-26(21)22)15-17-10-12-19(13-11-17)18-7-3-1-4-8-18/h1,3-4,7-8,10-13,15H,2,5-6,9,14H2/b20-15+. The zero-order valence-corrected chi connectivity index (χ0v) is 14.6. The van der Waals surface area contributed by atoms with E-state index in [1.807, 2.05) is 36.4 Å². The first-order valence-corrected chi connectivity index (χ1v) is 9.05. The van der Waals surface area contributed by atoms with Gasteiger partial charge in [-0.2, -0.15) is 5.26 Å². The van der Waals surface area contributed by atoms with E-state index in [0.717, 1.165) is 42.8 Å². The van der Waals surface area contributed by atoms with Gasteiger partial charge in [-0.15, -0.1) is 10.2 Å². The van der Waals surface area contributed by atoms with Crippen molar-refractivity contribution in [2.45, 2.75) is 32.2 Å². The van der Waals surface area contributed by atoms with Crippen LogP contribution in [0.25, 0.3) is 22.8 Å². The number of hydrogen-bond acceptors (Lipinski definition) is 3. The molecular weight excluding hydrogens is 320 g/mol. The number of benzene rings is 2. The highest BCUT2D eigenvalue weighted by Gasteiger charge is 2.17. The van der Waals surface area contributed by atoms with Crippen LogP contribution in [0, 0.1) is 11.3 Å². The minimum Gasteiger partial charge on any atom is -0.310 e. The van der Waals surface area contributed by atoms with E-state index in [4.69, 9.17) is 0 Å². The van der Waals surface area contributed by atoms with Crippen LogP contribution in [0.5, 0.6) is 0 Å². The monoisotopic (exact) mass is 340 g/mol. The zero-order valence-electron chi connectivity index (χ0n) is 14.6. The molecule has 0 saturated heterocycles. The topological polar surface area (TPSA) is 54.5 Å². The van der Waals surface area contributed by atoms with E-state index in [1.165, 1.54) is 12.0 Å². The highest BCUT2D eigenvalue weighted by molar-refractivity contribution is 5.87. The number of nitriles is 1. The summed E-state index contributed by atoms with van der Waals surface area (Å²) in [5, 5.41) is 18.3. The number of rotatable bonds is 3. The summed E-state index contributed by atoms with van der Waals surface area (Å²) in [6.07, 6.45) is 6.30. The molecule has 128 valence electrons.